The summed E-state index contributed by atoms with van der Waals surface area (Å²) in [5.74, 6) is 0. The van der Waals surface area contributed by atoms with Crippen molar-refractivity contribution < 1.29 is 0 Å². The average molecular weight is 179 g/mol. The van der Waals surface area contributed by atoms with E-state index in [4.69, 9.17) is 23.2 Å². The molecular formula is C6H5Cl2P. The maximum absolute atomic E-state index is 5.72. The van der Waals surface area contributed by atoms with Gasteiger partial charge in [0.1, 0.15) is 0 Å². The summed E-state index contributed by atoms with van der Waals surface area (Å²) in [6.45, 7) is 0. The van der Waals surface area contributed by atoms with E-state index in [0.29, 0.717) is 10.0 Å². The lowest BCUT2D eigenvalue weighted by atomic mass is 10.4. The van der Waals surface area contributed by atoms with Crippen LogP contribution in [0.15, 0.2) is 18.2 Å². The quantitative estimate of drug-likeness (QED) is 0.536. The third-order valence-electron chi connectivity index (χ3n) is 0.981. The van der Waals surface area contributed by atoms with Gasteiger partial charge in [0.25, 0.3) is 0 Å². The summed E-state index contributed by atoms with van der Waals surface area (Å²) in [7, 11) is 2.50. The third-order valence-corrected chi connectivity index (χ3v) is 2.48. The molecule has 0 N–H and O–H groups in total. The molecule has 1 aromatic carbocycles. The standard InChI is InChI=1S/C6H5Cl2P/c7-4-2-1-3-5(9)6(4)8/h1-3H,9H2. The number of benzene rings is 1. The van der Waals surface area contributed by atoms with Crippen LogP contribution in [0, 0.1) is 0 Å². The van der Waals surface area contributed by atoms with Crippen LogP contribution >= 0.6 is 32.4 Å². The van der Waals surface area contributed by atoms with E-state index in [1.165, 1.54) is 0 Å². The van der Waals surface area contributed by atoms with Crippen LogP contribution in [0.5, 0.6) is 0 Å². The molecule has 0 saturated heterocycles. The molecule has 48 valence electrons. The molecule has 1 rings (SSSR count). The minimum Gasteiger partial charge on any atom is -0.104 e. The first kappa shape index (κ1) is 7.34. The predicted octanol–water partition coefficient (Wildman–Crippen LogP) is 2.49. The summed E-state index contributed by atoms with van der Waals surface area (Å²) in [5, 5.41) is 2.15. The maximum Gasteiger partial charge on any atom is 0.0663 e. The predicted molar refractivity (Wildman–Crippen MR) is 45.8 cm³/mol. The van der Waals surface area contributed by atoms with Crippen molar-refractivity contribution in [1.29, 1.82) is 0 Å². The van der Waals surface area contributed by atoms with E-state index in [1.54, 1.807) is 6.07 Å². The van der Waals surface area contributed by atoms with Crippen LogP contribution < -0.4 is 5.30 Å². The monoisotopic (exact) mass is 178 g/mol. The molecular weight excluding hydrogens is 174 g/mol. The van der Waals surface area contributed by atoms with Crippen LogP contribution in [0.25, 0.3) is 0 Å². The molecule has 1 aromatic rings. The van der Waals surface area contributed by atoms with Crippen LogP contribution in [0.4, 0.5) is 0 Å². The fourth-order valence-electron chi connectivity index (χ4n) is 0.520. The van der Waals surface area contributed by atoms with E-state index < -0.39 is 0 Å². The van der Waals surface area contributed by atoms with Gasteiger partial charge >= 0.3 is 0 Å². The van der Waals surface area contributed by atoms with Gasteiger partial charge in [0.2, 0.25) is 0 Å². The van der Waals surface area contributed by atoms with Crippen molar-refractivity contribution in [3.63, 3.8) is 0 Å². The van der Waals surface area contributed by atoms with Crippen LogP contribution in [-0.4, -0.2) is 0 Å². The van der Waals surface area contributed by atoms with Crippen LogP contribution in [0.2, 0.25) is 10.0 Å². The van der Waals surface area contributed by atoms with E-state index in [2.05, 4.69) is 9.24 Å². The first-order chi connectivity index (χ1) is 4.22. The minimum atomic E-state index is 0.601. The Kier molecular flexibility index (Phi) is 2.35. The Morgan fingerprint density at radius 2 is 1.89 bits per heavy atom. The average Bonchev–Trinajstić information content (AvgIpc) is 1.83. The van der Waals surface area contributed by atoms with E-state index >= 15 is 0 Å². The van der Waals surface area contributed by atoms with Gasteiger partial charge in [-0.3, -0.25) is 0 Å². The molecule has 0 bridgehead atoms. The SMILES string of the molecule is Pc1cccc(Cl)c1Cl. The molecule has 0 aliphatic heterocycles. The molecule has 3 heteroatoms. The smallest absolute Gasteiger partial charge is 0.0663 e. The Hall–Kier alpha value is 0.230. The Morgan fingerprint density at radius 1 is 1.22 bits per heavy atom. The van der Waals surface area contributed by atoms with Crippen molar-refractivity contribution in [2.45, 2.75) is 0 Å². The van der Waals surface area contributed by atoms with Crippen molar-refractivity contribution in [3.05, 3.63) is 28.2 Å². The van der Waals surface area contributed by atoms with Gasteiger partial charge in [-0.15, -0.1) is 9.24 Å². The summed E-state index contributed by atoms with van der Waals surface area (Å²) >= 11 is 11.4. The van der Waals surface area contributed by atoms with Gasteiger partial charge in [-0.2, -0.15) is 0 Å². The van der Waals surface area contributed by atoms with Crippen molar-refractivity contribution in [1.82, 2.24) is 0 Å². The first-order valence-electron chi connectivity index (χ1n) is 2.41. The molecule has 0 aliphatic rings. The molecule has 0 amide bonds. The van der Waals surface area contributed by atoms with Gasteiger partial charge in [0.15, 0.2) is 0 Å². The van der Waals surface area contributed by atoms with Crippen molar-refractivity contribution >= 4 is 37.7 Å². The lowest BCUT2D eigenvalue weighted by Gasteiger charge is -1.96. The number of halogens is 2. The van der Waals surface area contributed by atoms with Gasteiger partial charge in [0.05, 0.1) is 10.0 Å². The van der Waals surface area contributed by atoms with E-state index in [1.807, 2.05) is 12.1 Å². The van der Waals surface area contributed by atoms with Gasteiger partial charge in [-0.05, 0) is 11.4 Å². The number of hydrogen-bond donors (Lipinski definition) is 0. The van der Waals surface area contributed by atoms with E-state index in [-0.39, 0.29) is 0 Å². The highest BCUT2D eigenvalue weighted by Gasteiger charge is 1.96. The zero-order valence-electron chi connectivity index (χ0n) is 4.57. The van der Waals surface area contributed by atoms with E-state index in [9.17, 15) is 0 Å². The summed E-state index contributed by atoms with van der Waals surface area (Å²) in [6, 6.07) is 5.51. The molecule has 0 nitrogen and oxygen atoms in total. The summed E-state index contributed by atoms with van der Waals surface area (Å²) in [5.41, 5.74) is 0. The second-order valence-corrected chi connectivity index (χ2v) is 3.05. The van der Waals surface area contributed by atoms with Crippen LogP contribution in [0.3, 0.4) is 0 Å². The Labute approximate surface area is 66.4 Å². The molecule has 0 saturated carbocycles. The second-order valence-electron chi connectivity index (χ2n) is 1.64. The highest BCUT2D eigenvalue weighted by atomic mass is 35.5. The molecule has 0 spiro atoms. The number of rotatable bonds is 0. The van der Waals surface area contributed by atoms with Crippen molar-refractivity contribution in [2.75, 3.05) is 0 Å². The summed E-state index contributed by atoms with van der Waals surface area (Å²) < 4.78 is 0. The highest BCUT2D eigenvalue weighted by molar-refractivity contribution is 7.28. The molecule has 1 unspecified atom stereocenters. The highest BCUT2D eigenvalue weighted by Crippen LogP contribution is 2.19. The Balaban J connectivity index is 3.25. The molecule has 9 heavy (non-hydrogen) atoms. The topological polar surface area (TPSA) is 0 Å². The molecule has 0 aromatic heterocycles. The van der Waals surface area contributed by atoms with Gasteiger partial charge in [-0.1, -0.05) is 35.3 Å². The van der Waals surface area contributed by atoms with Crippen LogP contribution in [0.1, 0.15) is 0 Å². The zero-order chi connectivity index (χ0) is 6.85. The Bertz CT molecular complexity index is 202. The molecule has 1 atom stereocenters. The van der Waals surface area contributed by atoms with Crippen LogP contribution in [-0.2, 0) is 0 Å². The first-order valence-corrected chi connectivity index (χ1v) is 3.74. The second kappa shape index (κ2) is 2.88. The van der Waals surface area contributed by atoms with Crippen molar-refractivity contribution in [3.8, 4) is 0 Å². The summed E-state index contributed by atoms with van der Waals surface area (Å²) in [6.07, 6.45) is 0. The Morgan fingerprint density at radius 3 is 2.33 bits per heavy atom. The van der Waals surface area contributed by atoms with Crippen molar-refractivity contribution in [2.24, 2.45) is 0 Å². The zero-order valence-corrected chi connectivity index (χ0v) is 7.23. The lowest BCUT2D eigenvalue weighted by Crippen LogP contribution is -1.90. The largest absolute Gasteiger partial charge is 0.104 e. The summed E-state index contributed by atoms with van der Waals surface area (Å²) in [4.78, 5) is 0. The molecule has 0 heterocycles. The fourth-order valence-corrected chi connectivity index (χ4v) is 1.19. The third kappa shape index (κ3) is 1.58. The maximum atomic E-state index is 5.72. The van der Waals surface area contributed by atoms with Gasteiger partial charge in [-0.25, -0.2) is 0 Å². The lowest BCUT2D eigenvalue weighted by molar-refractivity contribution is 1.77. The molecule has 0 aliphatic carbocycles. The molecule has 0 radical (unpaired) electrons. The number of hydrogen-bond acceptors (Lipinski definition) is 0. The van der Waals surface area contributed by atoms with E-state index in [0.717, 1.165) is 5.30 Å². The normalized spacial score (nSPS) is 9.67. The minimum absolute atomic E-state index is 0.601. The van der Waals surface area contributed by atoms with Gasteiger partial charge in [0, 0.05) is 0 Å². The fraction of sp³-hybridized carbons (Fsp3) is 0. The molecule has 0 fully saturated rings. The van der Waals surface area contributed by atoms with Gasteiger partial charge < -0.3 is 0 Å².